The van der Waals surface area contributed by atoms with E-state index in [1.807, 2.05) is 44.2 Å². The van der Waals surface area contributed by atoms with E-state index in [0.717, 1.165) is 11.6 Å². The zero-order valence-corrected chi connectivity index (χ0v) is 21.4. The quantitative estimate of drug-likeness (QED) is 0.287. The molecular formula is C28H37F3N2O4. The molecule has 5 N–H and O–H groups in total. The van der Waals surface area contributed by atoms with Crippen LogP contribution in [0.2, 0.25) is 0 Å². The van der Waals surface area contributed by atoms with Crippen LogP contribution in [0.5, 0.6) is 0 Å². The van der Waals surface area contributed by atoms with Crippen molar-refractivity contribution < 1.29 is 32.6 Å². The topological polar surface area (TPSA) is 116 Å². The zero-order valence-electron chi connectivity index (χ0n) is 21.4. The number of hydrogen-bond acceptors (Lipinski definition) is 6. The summed E-state index contributed by atoms with van der Waals surface area (Å²) in [5, 5.41) is 10.3. The molecule has 0 saturated heterocycles. The van der Waals surface area contributed by atoms with Crippen molar-refractivity contribution >= 4 is 11.6 Å². The highest BCUT2D eigenvalue weighted by Gasteiger charge is 2.27. The molecule has 0 aliphatic rings. The van der Waals surface area contributed by atoms with E-state index < -0.39 is 35.6 Å². The van der Waals surface area contributed by atoms with E-state index in [2.05, 4.69) is 0 Å². The fraction of sp³-hybridized carbons (Fsp3) is 0.500. The van der Waals surface area contributed by atoms with Gasteiger partial charge in [-0.3, -0.25) is 9.59 Å². The van der Waals surface area contributed by atoms with Crippen LogP contribution in [-0.2, 0) is 27.4 Å². The molecule has 0 fully saturated rings. The second-order valence-corrected chi connectivity index (χ2v) is 10.3. The van der Waals surface area contributed by atoms with E-state index in [0.29, 0.717) is 25.5 Å². The Kier molecular flexibility index (Phi) is 11.9. The number of Topliss-reactive ketones (excluding diaryl/α,β-unsaturated/α-hetero) is 2. The first kappa shape index (κ1) is 30.6. The molecule has 2 aromatic carbocycles. The van der Waals surface area contributed by atoms with Gasteiger partial charge >= 0.3 is 0 Å². The molecule has 204 valence electrons. The maximum absolute atomic E-state index is 13.8. The molecule has 2 rings (SSSR count). The number of halogens is 3. The van der Waals surface area contributed by atoms with Crippen LogP contribution in [0, 0.1) is 22.9 Å². The highest BCUT2D eigenvalue weighted by atomic mass is 19.2. The molecule has 0 saturated carbocycles. The first-order chi connectivity index (χ1) is 17.4. The molecule has 3 unspecified atom stereocenters. The molecule has 3 atom stereocenters. The van der Waals surface area contributed by atoms with E-state index in [1.165, 1.54) is 0 Å². The lowest BCUT2D eigenvalue weighted by Gasteiger charge is -2.25. The van der Waals surface area contributed by atoms with Gasteiger partial charge in [0.15, 0.2) is 17.4 Å². The van der Waals surface area contributed by atoms with Gasteiger partial charge in [-0.1, -0.05) is 44.2 Å². The highest BCUT2D eigenvalue weighted by molar-refractivity contribution is 5.83. The van der Waals surface area contributed by atoms with Crippen LogP contribution < -0.4 is 11.5 Å². The largest absolute Gasteiger partial charge is 0.384 e. The molecule has 0 aliphatic carbocycles. The van der Waals surface area contributed by atoms with E-state index in [1.54, 1.807) is 0 Å². The SMILES string of the molecule is CC(C)(CCC(=O)CC(N)Cc1cc(F)c(F)cc1F)CCC(=O)C(O)C(N)COCc1ccccc1. The predicted octanol–water partition coefficient (Wildman–Crippen LogP) is 3.99. The highest BCUT2D eigenvalue weighted by Crippen LogP contribution is 2.29. The Labute approximate surface area is 216 Å². The van der Waals surface area contributed by atoms with Crippen molar-refractivity contribution in [3.05, 3.63) is 71.0 Å². The minimum atomic E-state index is -1.34. The van der Waals surface area contributed by atoms with Crippen LogP contribution in [0.1, 0.15) is 57.1 Å². The summed E-state index contributed by atoms with van der Waals surface area (Å²) in [6.45, 7) is 4.20. The molecule has 0 aromatic heterocycles. The smallest absolute Gasteiger partial charge is 0.162 e. The van der Waals surface area contributed by atoms with Gasteiger partial charge < -0.3 is 21.3 Å². The number of ether oxygens (including phenoxy) is 1. The third kappa shape index (κ3) is 10.7. The molecule has 0 bridgehead atoms. The van der Waals surface area contributed by atoms with Gasteiger partial charge in [0, 0.05) is 31.4 Å². The molecular weight excluding hydrogens is 485 g/mol. The number of hydrogen-bond donors (Lipinski definition) is 3. The minimum absolute atomic E-state index is 0.0361. The number of rotatable bonds is 16. The van der Waals surface area contributed by atoms with Gasteiger partial charge in [0.25, 0.3) is 0 Å². The van der Waals surface area contributed by atoms with Crippen molar-refractivity contribution in [1.82, 2.24) is 0 Å². The number of benzene rings is 2. The van der Waals surface area contributed by atoms with E-state index in [-0.39, 0.29) is 54.8 Å². The Balaban J connectivity index is 1.71. The molecule has 9 heteroatoms. The third-order valence-corrected chi connectivity index (χ3v) is 6.35. The second kappa shape index (κ2) is 14.4. The molecule has 6 nitrogen and oxygen atoms in total. The van der Waals surface area contributed by atoms with Crippen LogP contribution >= 0.6 is 0 Å². The van der Waals surface area contributed by atoms with Crippen molar-refractivity contribution in [2.45, 2.75) is 77.2 Å². The summed E-state index contributed by atoms with van der Waals surface area (Å²) >= 11 is 0. The van der Waals surface area contributed by atoms with Crippen molar-refractivity contribution in [2.24, 2.45) is 16.9 Å². The third-order valence-electron chi connectivity index (χ3n) is 6.35. The van der Waals surface area contributed by atoms with Gasteiger partial charge in [-0.15, -0.1) is 0 Å². The van der Waals surface area contributed by atoms with Crippen LogP contribution in [0.25, 0.3) is 0 Å². The lowest BCUT2D eigenvalue weighted by molar-refractivity contribution is -0.129. The summed E-state index contributed by atoms with van der Waals surface area (Å²) in [5.41, 5.74) is 12.4. The molecule has 0 heterocycles. The van der Waals surface area contributed by atoms with E-state index >= 15 is 0 Å². The van der Waals surface area contributed by atoms with Crippen molar-refractivity contribution in [3.8, 4) is 0 Å². The number of aliphatic hydroxyl groups is 1. The first-order valence-electron chi connectivity index (χ1n) is 12.4. The molecule has 0 spiro atoms. The fourth-order valence-electron chi connectivity index (χ4n) is 3.90. The molecule has 2 aromatic rings. The molecule has 0 aliphatic heterocycles. The maximum Gasteiger partial charge on any atom is 0.162 e. The average molecular weight is 523 g/mol. The number of carbonyl (C=O) groups is 2. The first-order valence-corrected chi connectivity index (χ1v) is 12.4. The van der Waals surface area contributed by atoms with Gasteiger partial charge in [-0.05, 0) is 41.9 Å². The summed E-state index contributed by atoms with van der Waals surface area (Å²) in [6, 6.07) is 9.11. The van der Waals surface area contributed by atoms with Crippen molar-refractivity contribution in [1.29, 1.82) is 0 Å². The monoisotopic (exact) mass is 522 g/mol. The summed E-state index contributed by atoms with van der Waals surface area (Å²) < 4.78 is 45.8. The Hall–Kier alpha value is -2.59. The summed E-state index contributed by atoms with van der Waals surface area (Å²) in [5.74, 6) is -3.88. The number of carbonyl (C=O) groups excluding carboxylic acids is 2. The summed E-state index contributed by atoms with van der Waals surface area (Å²) in [6.07, 6.45) is -0.256. The average Bonchev–Trinajstić information content (AvgIpc) is 2.84. The van der Waals surface area contributed by atoms with Gasteiger partial charge in [0.1, 0.15) is 17.7 Å². The summed E-state index contributed by atoms with van der Waals surface area (Å²) in [7, 11) is 0. The van der Waals surface area contributed by atoms with E-state index in [4.69, 9.17) is 16.2 Å². The van der Waals surface area contributed by atoms with Gasteiger partial charge in [0.05, 0.1) is 19.3 Å². The number of ketones is 2. The van der Waals surface area contributed by atoms with Gasteiger partial charge in [-0.2, -0.15) is 0 Å². The van der Waals surface area contributed by atoms with Crippen molar-refractivity contribution in [3.63, 3.8) is 0 Å². The van der Waals surface area contributed by atoms with Crippen LogP contribution in [0.4, 0.5) is 13.2 Å². The van der Waals surface area contributed by atoms with Crippen LogP contribution in [0.3, 0.4) is 0 Å². The number of nitrogens with two attached hydrogens (primary N) is 2. The van der Waals surface area contributed by atoms with Gasteiger partial charge in [-0.25, -0.2) is 13.2 Å². The Morgan fingerprint density at radius 2 is 1.59 bits per heavy atom. The lowest BCUT2D eigenvalue weighted by Crippen LogP contribution is -2.44. The second-order valence-electron chi connectivity index (χ2n) is 10.3. The summed E-state index contributed by atoms with van der Waals surface area (Å²) in [4.78, 5) is 24.8. The number of aliphatic hydroxyl groups excluding tert-OH is 1. The normalized spacial score (nSPS) is 14.3. The molecule has 37 heavy (non-hydrogen) atoms. The predicted molar refractivity (Wildman–Crippen MR) is 135 cm³/mol. The van der Waals surface area contributed by atoms with Gasteiger partial charge in [0.2, 0.25) is 0 Å². The van der Waals surface area contributed by atoms with Crippen LogP contribution in [-0.4, -0.2) is 41.5 Å². The maximum atomic E-state index is 13.8. The lowest BCUT2D eigenvalue weighted by atomic mass is 9.81. The van der Waals surface area contributed by atoms with E-state index in [9.17, 15) is 27.9 Å². The van der Waals surface area contributed by atoms with Crippen LogP contribution in [0.15, 0.2) is 42.5 Å². The Morgan fingerprint density at radius 1 is 0.973 bits per heavy atom. The van der Waals surface area contributed by atoms with Crippen molar-refractivity contribution in [2.75, 3.05) is 6.61 Å². The minimum Gasteiger partial charge on any atom is -0.384 e. The zero-order chi connectivity index (χ0) is 27.6. The standard InChI is InChI=1S/C28H37F3N2O4/c1-28(2,10-8-21(34)14-20(32)12-19-13-23(30)24(31)15-22(19)29)11-9-26(35)27(36)25(33)17-37-16-18-6-4-3-5-7-18/h3-7,13,15,20,25,27,36H,8-12,14,16-17,32-33H2,1-2H3. The Bertz CT molecular complexity index is 1030. The molecule has 0 radical (unpaired) electrons. The molecule has 0 amide bonds. The Morgan fingerprint density at radius 3 is 2.27 bits per heavy atom. The fourth-order valence-corrected chi connectivity index (χ4v) is 3.90.